The molecule has 0 atom stereocenters. The Morgan fingerprint density at radius 2 is 1.60 bits per heavy atom. The van der Waals surface area contributed by atoms with Crippen molar-refractivity contribution in [2.45, 2.75) is 31.6 Å². The first-order valence-corrected chi connectivity index (χ1v) is 8.71. The molecule has 1 aromatic rings. The zero-order valence-corrected chi connectivity index (χ0v) is 13.4. The lowest BCUT2D eigenvalue weighted by Gasteiger charge is -2.33. The third-order valence-electron chi connectivity index (χ3n) is 3.96. The Morgan fingerprint density at radius 3 is 2.05 bits per heavy atom. The van der Waals surface area contributed by atoms with Crippen molar-refractivity contribution in [3.05, 3.63) is 29.8 Å². The molecule has 1 aliphatic rings. The minimum absolute atomic E-state index is 0.409. The predicted octanol–water partition coefficient (Wildman–Crippen LogP) is 2.14. The molecule has 1 fully saturated rings. The summed E-state index contributed by atoms with van der Waals surface area (Å²) in [4.78, 5) is 2.68. The van der Waals surface area contributed by atoms with Crippen molar-refractivity contribution in [2.75, 3.05) is 32.7 Å². The van der Waals surface area contributed by atoms with Crippen molar-refractivity contribution in [3.8, 4) is 0 Å². The minimum Gasteiger partial charge on any atom is -0.301 e. The van der Waals surface area contributed by atoms with Crippen molar-refractivity contribution in [3.63, 3.8) is 0 Å². The van der Waals surface area contributed by atoms with Crippen LogP contribution in [0.15, 0.2) is 29.2 Å². The van der Waals surface area contributed by atoms with E-state index in [1.165, 1.54) is 5.56 Å². The van der Waals surface area contributed by atoms with Gasteiger partial charge in [-0.15, -0.1) is 0 Å². The molecular formula is C15H24N2O2S. The Hall–Kier alpha value is -0.910. The summed E-state index contributed by atoms with van der Waals surface area (Å²) in [5, 5.41) is 0. The van der Waals surface area contributed by atoms with E-state index < -0.39 is 10.0 Å². The fourth-order valence-corrected chi connectivity index (χ4v) is 3.88. The van der Waals surface area contributed by atoms with Gasteiger partial charge in [-0.1, -0.05) is 32.9 Å². The summed E-state index contributed by atoms with van der Waals surface area (Å²) < 4.78 is 26.7. The number of benzene rings is 1. The SMILES string of the molecule is CCN1CCN(S(=O)(=O)c2ccc(C(C)C)cc2)CC1. The molecule has 2 rings (SSSR count). The molecule has 0 aliphatic carbocycles. The molecular weight excluding hydrogens is 272 g/mol. The highest BCUT2D eigenvalue weighted by atomic mass is 32.2. The van der Waals surface area contributed by atoms with E-state index in [0.717, 1.165) is 19.6 Å². The number of nitrogens with zero attached hydrogens (tertiary/aromatic N) is 2. The van der Waals surface area contributed by atoms with Gasteiger partial charge < -0.3 is 4.90 Å². The van der Waals surface area contributed by atoms with E-state index in [9.17, 15) is 8.42 Å². The summed E-state index contributed by atoms with van der Waals surface area (Å²) in [6.45, 7) is 10.1. The molecule has 0 aromatic heterocycles. The van der Waals surface area contributed by atoms with Crippen LogP contribution in [0.1, 0.15) is 32.3 Å². The van der Waals surface area contributed by atoms with Crippen molar-refractivity contribution >= 4 is 10.0 Å². The summed E-state index contributed by atoms with van der Waals surface area (Å²) in [6, 6.07) is 7.30. The molecule has 0 saturated carbocycles. The van der Waals surface area contributed by atoms with Crippen LogP contribution in [0.25, 0.3) is 0 Å². The molecule has 0 radical (unpaired) electrons. The zero-order valence-electron chi connectivity index (χ0n) is 12.5. The van der Waals surface area contributed by atoms with Crippen LogP contribution in [0.3, 0.4) is 0 Å². The van der Waals surface area contributed by atoms with Gasteiger partial charge in [0, 0.05) is 26.2 Å². The lowest BCUT2D eigenvalue weighted by atomic mass is 10.0. The van der Waals surface area contributed by atoms with Crippen LogP contribution in [0.4, 0.5) is 0 Å². The summed E-state index contributed by atoms with van der Waals surface area (Å²) in [5.41, 5.74) is 1.17. The van der Waals surface area contributed by atoms with Gasteiger partial charge in [-0.2, -0.15) is 4.31 Å². The average Bonchev–Trinajstić information content (AvgIpc) is 2.47. The van der Waals surface area contributed by atoms with E-state index in [0.29, 0.717) is 23.9 Å². The number of rotatable bonds is 4. The van der Waals surface area contributed by atoms with Crippen LogP contribution in [-0.4, -0.2) is 50.3 Å². The smallest absolute Gasteiger partial charge is 0.243 e. The maximum atomic E-state index is 12.6. The first-order chi connectivity index (χ1) is 9.45. The second kappa shape index (κ2) is 6.24. The standard InChI is InChI=1S/C15H24N2O2S/c1-4-16-9-11-17(12-10-16)20(18,19)15-7-5-14(6-8-15)13(2)3/h5-8,13H,4,9-12H2,1-3H3. The van der Waals surface area contributed by atoms with E-state index in [1.54, 1.807) is 16.4 Å². The maximum Gasteiger partial charge on any atom is 0.243 e. The average molecular weight is 296 g/mol. The van der Waals surface area contributed by atoms with Gasteiger partial charge in [-0.05, 0) is 30.2 Å². The summed E-state index contributed by atoms with van der Waals surface area (Å²) in [6.07, 6.45) is 0. The molecule has 0 amide bonds. The van der Waals surface area contributed by atoms with Gasteiger partial charge in [-0.3, -0.25) is 0 Å². The van der Waals surface area contributed by atoms with Gasteiger partial charge in [0.1, 0.15) is 0 Å². The molecule has 4 nitrogen and oxygen atoms in total. The topological polar surface area (TPSA) is 40.6 Å². The lowest BCUT2D eigenvalue weighted by molar-refractivity contribution is 0.196. The Bertz CT molecular complexity index is 529. The highest BCUT2D eigenvalue weighted by Gasteiger charge is 2.27. The second-order valence-electron chi connectivity index (χ2n) is 5.56. The molecule has 1 aromatic carbocycles. The van der Waals surface area contributed by atoms with E-state index in [2.05, 4.69) is 25.7 Å². The Balaban J connectivity index is 2.14. The predicted molar refractivity (Wildman–Crippen MR) is 81.4 cm³/mol. The zero-order chi connectivity index (χ0) is 14.8. The van der Waals surface area contributed by atoms with Crippen LogP contribution in [-0.2, 0) is 10.0 Å². The maximum absolute atomic E-state index is 12.6. The first-order valence-electron chi connectivity index (χ1n) is 7.27. The highest BCUT2D eigenvalue weighted by Crippen LogP contribution is 2.21. The number of sulfonamides is 1. The molecule has 0 N–H and O–H groups in total. The molecule has 5 heteroatoms. The molecule has 0 unspecified atom stereocenters. The monoisotopic (exact) mass is 296 g/mol. The fraction of sp³-hybridized carbons (Fsp3) is 0.600. The van der Waals surface area contributed by atoms with Crippen molar-refractivity contribution in [1.82, 2.24) is 9.21 Å². The number of hydrogen-bond donors (Lipinski definition) is 0. The largest absolute Gasteiger partial charge is 0.301 e. The molecule has 0 spiro atoms. The van der Waals surface area contributed by atoms with Gasteiger partial charge in [-0.25, -0.2) is 8.42 Å². The lowest BCUT2D eigenvalue weighted by Crippen LogP contribution is -2.48. The summed E-state index contributed by atoms with van der Waals surface area (Å²) in [7, 11) is -3.33. The van der Waals surface area contributed by atoms with Crippen LogP contribution in [0.5, 0.6) is 0 Å². The van der Waals surface area contributed by atoms with Gasteiger partial charge in [0.25, 0.3) is 0 Å². The Kier molecular flexibility index (Phi) is 4.83. The Morgan fingerprint density at radius 1 is 1.05 bits per heavy atom. The van der Waals surface area contributed by atoms with E-state index in [1.807, 2.05) is 12.1 Å². The molecule has 112 valence electrons. The molecule has 20 heavy (non-hydrogen) atoms. The number of hydrogen-bond acceptors (Lipinski definition) is 3. The third-order valence-corrected chi connectivity index (χ3v) is 5.88. The van der Waals surface area contributed by atoms with Gasteiger partial charge in [0.15, 0.2) is 0 Å². The number of piperazine rings is 1. The summed E-state index contributed by atoms with van der Waals surface area (Å²) in [5.74, 6) is 0.417. The van der Waals surface area contributed by atoms with Crippen LogP contribution >= 0.6 is 0 Å². The van der Waals surface area contributed by atoms with E-state index in [4.69, 9.17) is 0 Å². The van der Waals surface area contributed by atoms with Gasteiger partial charge >= 0.3 is 0 Å². The minimum atomic E-state index is -3.33. The van der Waals surface area contributed by atoms with Crippen LogP contribution in [0.2, 0.25) is 0 Å². The molecule has 0 bridgehead atoms. The highest BCUT2D eigenvalue weighted by molar-refractivity contribution is 7.89. The number of likely N-dealkylation sites (N-methyl/N-ethyl adjacent to an activating group) is 1. The van der Waals surface area contributed by atoms with Crippen molar-refractivity contribution in [2.24, 2.45) is 0 Å². The normalized spacial score (nSPS) is 18.6. The fourth-order valence-electron chi connectivity index (χ4n) is 2.46. The second-order valence-corrected chi connectivity index (χ2v) is 7.50. The third kappa shape index (κ3) is 3.22. The van der Waals surface area contributed by atoms with E-state index in [-0.39, 0.29) is 0 Å². The van der Waals surface area contributed by atoms with Crippen LogP contribution < -0.4 is 0 Å². The molecule has 1 heterocycles. The quantitative estimate of drug-likeness (QED) is 0.854. The first kappa shape index (κ1) is 15.5. The van der Waals surface area contributed by atoms with Crippen molar-refractivity contribution in [1.29, 1.82) is 0 Å². The molecule has 1 aliphatic heterocycles. The Labute approximate surface area is 122 Å². The summed E-state index contributed by atoms with van der Waals surface area (Å²) >= 11 is 0. The van der Waals surface area contributed by atoms with Crippen LogP contribution in [0, 0.1) is 0 Å². The van der Waals surface area contributed by atoms with E-state index >= 15 is 0 Å². The van der Waals surface area contributed by atoms with Crippen molar-refractivity contribution < 1.29 is 8.42 Å². The van der Waals surface area contributed by atoms with Gasteiger partial charge in [0.05, 0.1) is 4.90 Å². The molecule has 1 saturated heterocycles. The van der Waals surface area contributed by atoms with Gasteiger partial charge in [0.2, 0.25) is 10.0 Å².